The molecule has 0 saturated carbocycles. The summed E-state index contributed by atoms with van der Waals surface area (Å²) in [5, 5.41) is 3.87. The van der Waals surface area contributed by atoms with E-state index in [0.717, 1.165) is 29.4 Å². The smallest absolute Gasteiger partial charge is 0.251 e. The molecule has 1 fully saturated rings. The van der Waals surface area contributed by atoms with Gasteiger partial charge in [0.25, 0.3) is 5.91 Å². The van der Waals surface area contributed by atoms with Gasteiger partial charge in [-0.3, -0.25) is 9.69 Å². The number of halogens is 1. The first kappa shape index (κ1) is 19.3. The molecule has 138 valence electrons. The number of amides is 1. The molecular weight excluding hydrogens is 364 g/mol. The van der Waals surface area contributed by atoms with E-state index in [-0.39, 0.29) is 11.9 Å². The molecule has 0 aliphatic carbocycles. The summed E-state index contributed by atoms with van der Waals surface area (Å²) in [6, 6.07) is 15.9. The Hall–Kier alpha value is -1.49. The molecule has 0 bridgehead atoms. The molecule has 2 aromatic rings. The Bertz CT molecular complexity index is 729. The Balaban J connectivity index is 1.69. The van der Waals surface area contributed by atoms with Crippen LogP contribution in [0.15, 0.2) is 48.5 Å². The fourth-order valence-electron chi connectivity index (χ4n) is 3.44. The quantitative estimate of drug-likeness (QED) is 0.741. The summed E-state index contributed by atoms with van der Waals surface area (Å²) >= 11 is 8.21. The summed E-state index contributed by atoms with van der Waals surface area (Å²) < 4.78 is 0. The highest BCUT2D eigenvalue weighted by Gasteiger charge is 2.25. The summed E-state index contributed by atoms with van der Waals surface area (Å²) in [7, 11) is 0. The van der Waals surface area contributed by atoms with Crippen molar-refractivity contribution in [1.82, 2.24) is 10.2 Å². The van der Waals surface area contributed by atoms with Gasteiger partial charge in [0.1, 0.15) is 0 Å². The van der Waals surface area contributed by atoms with Crippen LogP contribution in [0.5, 0.6) is 0 Å². The van der Waals surface area contributed by atoms with E-state index in [9.17, 15) is 4.79 Å². The molecule has 1 unspecified atom stereocenters. The number of nitrogens with one attached hydrogen (secondary N) is 1. The lowest BCUT2D eigenvalue weighted by Crippen LogP contribution is -2.37. The third kappa shape index (κ3) is 4.81. The Morgan fingerprint density at radius 2 is 1.85 bits per heavy atom. The topological polar surface area (TPSA) is 32.3 Å². The second-order valence-corrected chi connectivity index (χ2v) is 7.89. The number of thioether (sulfide) groups is 1. The molecule has 1 aliphatic heterocycles. The number of hydrogen-bond acceptors (Lipinski definition) is 3. The molecule has 0 radical (unpaired) electrons. The molecule has 26 heavy (non-hydrogen) atoms. The zero-order chi connectivity index (χ0) is 18.4. The second kappa shape index (κ2) is 9.45. The molecule has 1 saturated heterocycles. The Labute approximate surface area is 165 Å². The van der Waals surface area contributed by atoms with Crippen molar-refractivity contribution in [3.05, 3.63) is 70.2 Å². The number of benzene rings is 2. The average Bonchev–Trinajstić information content (AvgIpc) is 3.18. The van der Waals surface area contributed by atoms with Gasteiger partial charge >= 0.3 is 0 Å². The van der Waals surface area contributed by atoms with Crippen molar-refractivity contribution in [3.63, 3.8) is 0 Å². The molecule has 3 rings (SSSR count). The molecule has 1 aliphatic rings. The number of nitrogens with zero attached hydrogens (tertiary/aromatic N) is 1. The highest BCUT2D eigenvalue weighted by Crippen LogP contribution is 2.29. The van der Waals surface area contributed by atoms with E-state index in [1.807, 2.05) is 42.5 Å². The minimum Gasteiger partial charge on any atom is -0.350 e. The van der Waals surface area contributed by atoms with Gasteiger partial charge in [-0.25, -0.2) is 0 Å². The highest BCUT2D eigenvalue weighted by molar-refractivity contribution is 7.97. The van der Waals surface area contributed by atoms with Crippen LogP contribution < -0.4 is 5.32 Å². The third-order valence-corrected chi connectivity index (χ3v) is 5.79. The summed E-state index contributed by atoms with van der Waals surface area (Å²) in [4.78, 5) is 15.0. The molecule has 0 spiro atoms. The van der Waals surface area contributed by atoms with Gasteiger partial charge in [-0.2, -0.15) is 11.8 Å². The molecule has 1 amide bonds. The summed E-state index contributed by atoms with van der Waals surface area (Å²) in [5.74, 6) is 0.933. The third-order valence-electron chi connectivity index (χ3n) is 4.83. The molecule has 1 atom stereocenters. The fourth-order valence-corrected chi connectivity index (χ4v) is 4.23. The Kier molecular flexibility index (Phi) is 7.00. The van der Waals surface area contributed by atoms with Crippen LogP contribution in [-0.2, 0) is 5.75 Å². The Morgan fingerprint density at radius 1 is 1.15 bits per heavy atom. The summed E-state index contributed by atoms with van der Waals surface area (Å²) in [6.45, 7) is 2.67. The second-order valence-electron chi connectivity index (χ2n) is 6.62. The standard InChI is InChI=1S/C21H25ClN2OS/c1-26-15-16-8-10-17(11-9-16)21(25)23-14-20(24-12-4-5-13-24)18-6-2-3-7-19(18)22/h2-3,6-11,20H,4-5,12-15H2,1H3,(H,23,25). The largest absolute Gasteiger partial charge is 0.350 e. The lowest BCUT2D eigenvalue weighted by atomic mass is 10.0. The van der Waals surface area contributed by atoms with E-state index in [4.69, 9.17) is 11.6 Å². The van der Waals surface area contributed by atoms with Gasteiger partial charge in [-0.05, 0) is 61.5 Å². The van der Waals surface area contributed by atoms with Gasteiger partial charge in [0, 0.05) is 22.9 Å². The van der Waals surface area contributed by atoms with Crippen molar-refractivity contribution in [3.8, 4) is 0 Å². The van der Waals surface area contributed by atoms with E-state index in [1.54, 1.807) is 11.8 Å². The van der Waals surface area contributed by atoms with E-state index < -0.39 is 0 Å². The number of likely N-dealkylation sites (tertiary alicyclic amines) is 1. The first-order valence-electron chi connectivity index (χ1n) is 9.03. The van der Waals surface area contributed by atoms with Crippen LogP contribution in [-0.4, -0.2) is 36.7 Å². The van der Waals surface area contributed by atoms with Crippen LogP contribution in [0, 0.1) is 0 Å². The van der Waals surface area contributed by atoms with Crippen molar-refractivity contribution in [2.45, 2.75) is 24.6 Å². The minimum atomic E-state index is -0.0306. The number of carbonyl (C=O) groups is 1. The SMILES string of the molecule is CSCc1ccc(C(=O)NCC(c2ccccc2Cl)N2CCCC2)cc1. The van der Waals surface area contributed by atoms with Gasteiger partial charge in [0.05, 0.1) is 6.04 Å². The molecule has 3 nitrogen and oxygen atoms in total. The maximum Gasteiger partial charge on any atom is 0.251 e. The normalized spacial score (nSPS) is 15.8. The lowest BCUT2D eigenvalue weighted by molar-refractivity contribution is 0.0938. The first-order chi connectivity index (χ1) is 12.7. The van der Waals surface area contributed by atoms with Crippen molar-refractivity contribution in [1.29, 1.82) is 0 Å². The van der Waals surface area contributed by atoms with Gasteiger partial charge in [-0.15, -0.1) is 0 Å². The molecule has 2 aromatic carbocycles. The molecule has 5 heteroatoms. The molecule has 1 heterocycles. The maximum atomic E-state index is 12.6. The monoisotopic (exact) mass is 388 g/mol. The van der Waals surface area contributed by atoms with E-state index >= 15 is 0 Å². The first-order valence-corrected chi connectivity index (χ1v) is 10.8. The summed E-state index contributed by atoms with van der Waals surface area (Å²) in [6.07, 6.45) is 4.48. The van der Waals surface area contributed by atoms with Gasteiger partial charge in [-0.1, -0.05) is 41.9 Å². The number of rotatable bonds is 7. The zero-order valence-electron chi connectivity index (χ0n) is 15.1. The van der Waals surface area contributed by atoms with Crippen LogP contribution in [0.4, 0.5) is 0 Å². The van der Waals surface area contributed by atoms with Gasteiger partial charge < -0.3 is 5.32 Å². The van der Waals surface area contributed by atoms with Crippen molar-refractivity contribution in [2.75, 3.05) is 25.9 Å². The Morgan fingerprint density at radius 3 is 2.50 bits per heavy atom. The molecular formula is C21H25ClN2OS. The van der Waals surface area contributed by atoms with Crippen LogP contribution in [0.2, 0.25) is 5.02 Å². The van der Waals surface area contributed by atoms with Crippen LogP contribution in [0.1, 0.15) is 40.4 Å². The van der Waals surface area contributed by atoms with E-state index in [0.29, 0.717) is 12.1 Å². The van der Waals surface area contributed by atoms with Gasteiger partial charge in [0.15, 0.2) is 0 Å². The van der Waals surface area contributed by atoms with E-state index in [2.05, 4.69) is 22.5 Å². The predicted octanol–water partition coefficient (Wildman–Crippen LogP) is 4.77. The molecule has 1 N–H and O–H groups in total. The zero-order valence-corrected chi connectivity index (χ0v) is 16.7. The lowest BCUT2D eigenvalue weighted by Gasteiger charge is -2.29. The number of hydrogen-bond donors (Lipinski definition) is 1. The van der Waals surface area contributed by atoms with Crippen LogP contribution >= 0.6 is 23.4 Å². The molecule has 0 aromatic heterocycles. The van der Waals surface area contributed by atoms with Crippen molar-refractivity contribution in [2.24, 2.45) is 0 Å². The number of carbonyl (C=O) groups excluding carboxylic acids is 1. The predicted molar refractivity (Wildman–Crippen MR) is 111 cm³/mol. The average molecular weight is 389 g/mol. The van der Waals surface area contributed by atoms with Crippen LogP contribution in [0.3, 0.4) is 0 Å². The summed E-state index contributed by atoms with van der Waals surface area (Å²) in [5.41, 5.74) is 3.03. The van der Waals surface area contributed by atoms with Crippen molar-refractivity contribution < 1.29 is 4.79 Å². The van der Waals surface area contributed by atoms with Gasteiger partial charge in [0.2, 0.25) is 0 Å². The maximum absolute atomic E-state index is 12.6. The fraction of sp³-hybridized carbons (Fsp3) is 0.381. The highest BCUT2D eigenvalue weighted by atomic mass is 35.5. The van der Waals surface area contributed by atoms with Crippen molar-refractivity contribution >= 4 is 29.3 Å². The van der Waals surface area contributed by atoms with Crippen LogP contribution in [0.25, 0.3) is 0 Å². The minimum absolute atomic E-state index is 0.0306. The van der Waals surface area contributed by atoms with E-state index in [1.165, 1.54) is 18.4 Å².